The van der Waals surface area contributed by atoms with Crippen molar-refractivity contribution in [3.05, 3.63) is 95.6 Å². The number of fused-ring (bicyclic) bond motifs is 5. The van der Waals surface area contributed by atoms with Crippen molar-refractivity contribution in [2.45, 2.75) is 19.8 Å². The van der Waals surface area contributed by atoms with E-state index in [0.29, 0.717) is 23.8 Å². The van der Waals surface area contributed by atoms with E-state index in [0.717, 1.165) is 22.3 Å². The van der Waals surface area contributed by atoms with Crippen molar-refractivity contribution in [2.75, 3.05) is 11.5 Å². The summed E-state index contributed by atoms with van der Waals surface area (Å²) in [7, 11) is 0. The second-order valence-electron chi connectivity index (χ2n) is 9.45. The Bertz CT molecular complexity index is 1410. The first kappa shape index (κ1) is 22.3. The number of amides is 2. The zero-order valence-corrected chi connectivity index (χ0v) is 20.0. The van der Waals surface area contributed by atoms with Gasteiger partial charge in [-0.05, 0) is 60.9 Å². The summed E-state index contributed by atoms with van der Waals surface area (Å²) in [5, 5.41) is 0. The van der Waals surface area contributed by atoms with E-state index in [2.05, 4.69) is 0 Å². The first-order chi connectivity index (χ1) is 17.5. The van der Waals surface area contributed by atoms with Gasteiger partial charge in [-0.2, -0.15) is 0 Å². The zero-order valence-electron chi connectivity index (χ0n) is 20.0. The van der Waals surface area contributed by atoms with E-state index in [1.807, 2.05) is 68.5 Å². The van der Waals surface area contributed by atoms with Crippen LogP contribution in [0.1, 0.15) is 29.5 Å². The first-order valence-corrected chi connectivity index (χ1v) is 12.2. The first-order valence-electron chi connectivity index (χ1n) is 12.2. The Hall–Kier alpha value is -4.19. The summed E-state index contributed by atoms with van der Waals surface area (Å²) in [6, 6.07) is 22.3. The number of benzene rings is 3. The number of nitrogens with zero attached hydrogens (tertiary/aromatic N) is 1. The number of hydrogen-bond acceptors (Lipinski definition) is 5. The molecule has 1 aliphatic carbocycles. The van der Waals surface area contributed by atoms with Crippen molar-refractivity contribution in [3.8, 4) is 11.5 Å². The number of carbonyl (C=O) groups excluding carboxylic acids is 3. The Morgan fingerprint density at radius 3 is 2.33 bits per heavy atom. The molecule has 2 heterocycles. The number of carbonyl (C=O) groups is 3. The molecule has 2 amide bonds. The molecule has 0 aromatic heterocycles. The maximum absolute atomic E-state index is 13.9. The van der Waals surface area contributed by atoms with Crippen LogP contribution in [0.5, 0.6) is 11.5 Å². The molecule has 0 saturated carbocycles. The fourth-order valence-corrected chi connectivity index (χ4v) is 5.78. The molecular weight excluding hydrogens is 454 g/mol. The molecule has 0 radical (unpaired) electrons. The monoisotopic (exact) mass is 479 g/mol. The van der Waals surface area contributed by atoms with E-state index in [-0.39, 0.29) is 17.7 Å². The van der Waals surface area contributed by atoms with Gasteiger partial charge in [0, 0.05) is 11.5 Å². The summed E-state index contributed by atoms with van der Waals surface area (Å²) in [6.45, 7) is 4.35. The van der Waals surface area contributed by atoms with Crippen LogP contribution in [0.2, 0.25) is 0 Å². The standard InChI is InChI=1S/C30H25NO5/c1-3-35-20-12-10-19(11-13-20)31-28(32)25-22(18-7-5-4-6-8-18)16-23-21-14-9-17(2)15-24(21)36-30(34)26(23)27(25)29(31)33/h4-16,22,25-27H,3H2,1-2H3/t22-,25-,26-,27+/m1/s1. The van der Waals surface area contributed by atoms with Crippen molar-refractivity contribution in [3.63, 3.8) is 0 Å². The molecule has 1 saturated heterocycles. The maximum atomic E-state index is 13.9. The minimum atomic E-state index is -0.851. The number of aryl methyl sites for hydroxylation is 1. The second-order valence-corrected chi connectivity index (χ2v) is 9.45. The van der Waals surface area contributed by atoms with E-state index < -0.39 is 23.7 Å². The Morgan fingerprint density at radius 1 is 0.889 bits per heavy atom. The third kappa shape index (κ3) is 3.36. The van der Waals surface area contributed by atoms with E-state index >= 15 is 0 Å². The molecule has 1 fully saturated rings. The van der Waals surface area contributed by atoms with Crippen molar-refractivity contribution in [1.29, 1.82) is 0 Å². The summed E-state index contributed by atoms with van der Waals surface area (Å²) >= 11 is 0. The summed E-state index contributed by atoms with van der Waals surface area (Å²) < 4.78 is 11.2. The predicted molar refractivity (Wildman–Crippen MR) is 135 cm³/mol. The molecule has 3 aromatic rings. The number of hydrogen-bond donors (Lipinski definition) is 0. The Balaban J connectivity index is 1.50. The fourth-order valence-electron chi connectivity index (χ4n) is 5.78. The average Bonchev–Trinajstić information content (AvgIpc) is 3.14. The van der Waals surface area contributed by atoms with Gasteiger partial charge in [0.2, 0.25) is 11.8 Å². The molecule has 0 N–H and O–H groups in total. The molecule has 6 rings (SSSR count). The van der Waals surface area contributed by atoms with Gasteiger partial charge in [0.25, 0.3) is 0 Å². The van der Waals surface area contributed by atoms with Gasteiger partial charge in [-0.25, -0.2) is 4.90 Å². The molecule has 0 spiro atoms. The van der Waals surface area contributed by atoms with Gasteiger partial charge in [0.1, 0.15) is 11.5 Å². The quantitative estimate of drug-likeness (QED) is 0.302. The van der Waals surface area contributed by atoms with Gasteiger partial charge in [0.15, 0.2) is 0 Å². The Kier molecular flexibility index (Phi) is 5.25. The normalized spacial score (nSPS) is 24.4. The van der Waals surface area contributed by atoms with E-state index in [4.69, 9.17) is 9.47 Å². The number of anilines is 1. The minimum Gasteiger partial charge on any atom is -0.494 e. The molecule has 6 nitrogen and oxygen atoms in total. The fraction of sp³-hybridized carbons (Fsp3) is 0.233. The van der Waals surface area contributed by atoms with Crippen LogP contribution in [-0.2, 0) is 14.4 Å². The molecule has 0 unspecified atom stereocenters. The highest BCUT2D eigenvalue weighted by Gasteiger charge is 2.60. The van der Waals surface area contributed by atoms with Crippen LogP contribution >= 0.6 is 0 Å². The second kappa shape index (κ2) is 8.48. The summed E-state index contributed by atoms with van der Waals surface area (Å²) in [4.78, 5) is 42.4. The number of esters is 1. The van der Waals surface area contributed by atoms with Gasteiger partial charge < -0.3 is 9.47 Å². The minimum absolute atomic E-state index is 0.305. The average molecular weight is 480 g/mol. The third-order valence-electron chi connectivity index (χ3n) is 7.34. The lowest BCUT2D eigenvalue weighted by molar-refractivity contribution is -0.142. The topological polar surface area (TPSA) is 72.9 Å². The van der Waals surface area contributed by atoms with Crippen molar-refractivity contribution < 1.29 is 23.9 Å². The van der Waals surface area contributed by atoms with Crippen LogP contribution < -0.4 is 14.4 Å². The van der Waals surface area contributed by atoms with Crippen LogP contribution in [0.3, 0.4) is 0 Å². The summed E-state index contributed by atoms with van der Waals surface area (Å²) in [5.74, 6) is -2.77. The molecule has 3 aromatic carbocycles. The van der Waals surface area contributed by atoms with Gasteiger partial charge in [-0.15, -0.1) is 0 Å². The van der Waals surface area contributed by atoms with Crippen LogP contribution in [0.15, 0.2) is 78.9 Å². The SMILES string of the molecule is CCOc1ccc(N2C(=O)[C@@H]3[C@@H]4C(=O)Oc5cc(C)ccc5C4=C[C@H](c4ccccc4)[C@H]3C2=O)cc1. The summed E-state index contributed by atoms with van der Waals surface area (Å²) in [5.41, 5.74) is 3.93. The highest BCUT2D eigenvalue weighted by atomic mass is 16.5. The maximum Gasteiger partial charge on any atom is 0.319 e. The van der Waals surface area contributed by atoms with Crippen LogP contribution in [0.25, 0.3) is 5.57 Å². The lowest BCUT2D eigenvalue weighted by Gasteiger charge is -2.38. The van der Waals surface area contributed by atoms with Crippen molar-refractivity contribution in [1.82, 2.24) is 0 Å². The van der Waals surface area contributed by atoms with Gasteiger partial charge in [0.05, 0.1) is 30.0 Å². The van der Waals surface area contributed by atoms with Gasteiger partial charge in [-0.3, -0.25) is 14.4 Å². The van der Waals surface area contributed by atoms with Crippen molar-refractivity contribution >= 4 is 29.0 Å². The van der Waals surface area contributed by atoms with Crippen LogP contribution in [-0.4, -0.2) is 24.4 Å². The number of ether oxygens (including phenoxy) is 2. The van der Waals surface area contributed by atoms with Crippen molar-refractivity contribution in [2.24, 2.45) is 17.8 Å². The Labute approximate surface area is 209 Å². The van der Waals surface area contributed by atoms with E-state index in [1.54, 1.807) is 24.3 Å². The van der Waals surface area contributed by atoms with Crippen LogP contribution in [0, 0.1) is 24.7 Å². The molecule has 4 atom stereocenters. The lowest BCUT2D eigenvalue weighted by Crippen LogP contribution is -2.42. The highest BCUT2D eigenvalue weighted by Crippen LogP contribution is 2.54. The molecular formula is C30H25NO5. The van der Waals surface area contributed by atoms with Gasteiger partial charge in [-0.1, -0.05) is 48.5 Å². The number of rotatable bonds is 4. The molecule has 2 aliphatic heterocycles. The number of allylic oxidation sites excluding steroid dienone is 1. The summed E-state index contributed by atoms with van der Waals surface area (Å²) in [6.07, 6.45) is 2.00. The van der Waals surface area contributed by atoms with E-state index in [9.17, 15) is 14.4 Å². The molecule has 36 heavy (non-hydrogen) atoms. The molecule has 180 valence electrons. The molecule has 3 aliphatic rings. The van der Waals surface area contributed by atoms with Gasteiger partial charge >= 0.3 is 5.97 Å². The predicted octanol–water partition coefficient (Wildman–Crippen LogP) is 4.92. The van der Waals surface area contributed by atoms with E-state index in [1.165, 1.54) is 4.90 Å². The smallest absolute Gasteiger partial charge is 0.319 e. The zero-order chi connectivity index (χ0) is 25.0. The lowest BCUT2D eigenvalue weighted by atomic mass is 9.64. The van der Waals surface area contributed by atoms with Crippen LogP contribution in [0.4, 0.5) is 5.69 Å². The highest BCUT2D eigenvalue weighted by molar-refractivity contribution is 6.24. The molecule has 0 bridgehead atoms. The number of imide groups is 1. The molecule has 6 heteroatoms. The largest absolute Gasteiger partial charge is 0.494 e. The third-order valence-corrected chi connectivity index (χ3v) is 7.34. The Morgan fingerprint density at radius 2 is 1.61 bits per heavy atom.